The number of benzene rings is 5. The van der Waals surface area contributed by atoms with Crippen LogP contribution in [0, 0.1) is 0 Å². The molecule has 0 saturated heterocycles. The number of nitrogens with one attached hydrogen (secondary N) is 1. The van der Waals surface area contributed by atoms with E-state index in [4.69, 9.17) is 0 Å². The fourth-order valence-corrected chi connectivity index (χ4v) is 6.07. The zero-order valence-corrected chi connectivity index (χ0v) is 15.8. The van der Waals surface area contributed by atoms with Gasteiger partial charge in [-0.1, -0.05) is 72.8 Å². The first kappa shape index (κ1) is 14.7. The van der Waals surface area contributed by atoms with Crippen LogP contribution in [0.2, 0.25) is 0 Å². The Kier molecular flexibility index (Phi) is 2.68. The molecule has 0 fully saturated rings. The van der Waals surface area contributed by atoms with Crippen LogP contribution in [0.5, 0.6) is 0 Å². The summed E-state index contributed by atoms with van der Waals surface area (Å²) in [6, 6.07) is 30.8. The highest BCUT2D eigenvalue weighted by Gasteiger charge is 2.17. The third kappa shape index (κ3) is 1.71. The second kappa shape index (κ2) is 5.12. The summed E-state index contributed by atoms with van der Waals surface area (Å²) in [6.45, 7) is 0. The SMILES string of the molecule is c1ccc2c(c1)[nH]c1c3ccccc3c3c(ccc4c5ccccc5sc43)c21. The molecule has 130 valence electrons. The molecule has 2 aromatic heterocycles. The molecule has 0 spiro atoms. The van der Waals surface area contributed by atoms with Crippen LogP contribution in [0.4, 0.5) is 0 Å². The molecule has 0 bridgehead atoms. The van der Waals surface area contributed by atoms with Gasteiger partial charge in [0.15, 0.2) is 0 Å². The number of hydrogen-bond donors (Lipinski definition) is 1. The van der Waals surface area contributed by atoms with Gasteiger partial charge < -0.3 is 4.98 Å². The maximum absolute atomic E-state index is 3.69. The fourth-order valence-electron chi connectivity index (χ4n) is 4.81. The van der Waals surface area contributed by atoms with Gasteiger partial charge in [-0.25, -0.2) is 0 Å². The average molecular weight is 373 g/mol. The second-order valence-electron chi connectivity index (χ2n) is 7.43. The predicted octanol–water partition coefficient (Wildman–Crippen LogP) is 8.00. The summed E-state index contributed by atoms with van der Waals surface area (Å²) in [5.41, 5.74) is 2.44. The lowest BCUT2D eigenvalue weighted by molar-refractivity contribution is 1.57. The summed E-state index contributed by atoms with van der Waals surface area (Å²) in [5, 5.41) is 10.7. The van der Waals surface area contributed by atoms with Crippen LogP contribution in [0.1, 0.15) is 0 Å². The normalized spacial score (nSPS) is 12.3. The van der Waals surface area contributed by atoms with Crippen molar-refractivity contribution in [2.75, 3.05) is 0 Å². The third-order valence-corrected chi connectivity index (χ3v) is 7.19. The van der Waals surface area contributed by atoms with E-state index in [1.54, 1.807) is 0 Å². The van der Waals surface area contributed by atoms with Gasteiger partial charge in [0.1, 0.15) is 0 Å². The van der Waals surface area contributed by atoms with Crippen molar-refractivity contribution in [1.82, 2.24) is 4.98 Å². The molecule has 7 rings (SSSR count). The molecule has 0 amide bonds. The molecule has 1 nitrogen and oxygen atoms in total. The topological polar surface area (TPSA) is 15.8 Å². The highest BCUT2D eigenvalue weighted by atomic mass is 32.1. The predicted molar refractivity (Wildman–Crippen MR) is 124 cm³/mol. The van der Waals surface area contributed by atoms with E-state index >= 15 is 0 Å². The Morgan fingerprint density at radius 3 is 2.07 bits per heavy atom. The van der Waals surface area contributed by atoms with Crippen molar-refractivity contribution in [2.45, 2.75) is 0 Å². The van der Waals surface area contributed by atoms with Crippen molar-refractivity contribution in [3.63, 3.8) is 0 Å². The molecular formula is C26H15NS. The Bertz CT molecular complexity index is 1720. The molecule has 28 heavy (non-hydrogen) atoms. The first-order chi connectivity index (χ1) is 13.9. The van der Waals surface area contributed by atoms with Crippen molar-refractivity contribution in [3.05, 3.63) is 84.9 Å². The number of thiophene rings is 1. The molecule has 1 N–H and O–H groups in total. The second-order valence-corrected chi connectivity index (χ2v) is 8.48. The maximum atomic E-state index is 3.69. The molecule has 0 radical (unpaired) electrons. The summed E-state index contributed by atoms with van der Waals surface area (Å²) in [5.74, 6) is 0. The third-order valence-electron chi connectivity index (χ3n) is 5.99. The van der Waals surface area contributed by atoms with Gasteiger partial charge in [-0.3, -0.25) is 0 Å². The summed E-state index contributed by atoms with van der Waals surface area (Å²) >= 11 is 1.91. The average Bonchev–Trinajstić information content (AvgIpc) is 3.32. The highest BCUT2D eigenvalue weighted by molar-refractivity contribution is 7.26. The Labute approximate surface area is 164 Å². The van der Waals surface area contributed by atoms with Gasteiger partial charge in [-0.15, -0.1) is 11.3 Å². The molecule has 0 atom stereocenters. The summed E-state index contributed by atoms with van der Waals surface area (Å²) in [7, 11) is 0. The summed E-state index contributed by atoms with van der Waals surface area (Å²) in [4.78, 5) is 3.69. The molecule has 7 aromatic rings. The number of rotatable bonds is 0. The standard InChI is InChI=1S/C26H15NS/c1-2-9-17-16(8-1)24-20(23-19-10-3-5-11-21(19)27-25(17)23)14-13-18-15-7-4-6-12-22(15)28-26(18)24/h1-14,27H. The summed E-state index contributed by atoms with van der Waals surface area (Å²) in [6.07, 6.45) is 0. The molecule has 0 unspecified atom stereocenters. The van der Waals surface area contributed by atoms with Crippen LogP contribution in [0.15, 0.2) is 84.9 Å². The molecule has 5 aromatic carbocycles. The van der Waals surface area contributed by atoms with Crippen LogP contribution in [-0.2, 0) is 0 Å². The van der Waals surface area contributed by atoms with Gasteiger partial charge in [0.05, 0.1) is 5.52 Å². The molecule has 0 aliphatic carbocycles. The van der Waals surface area contributed by atoms with E-state index in [-0.39, 0.29) is 0 Å². The lowest BCUT2D eigenvalue weighted by Gasteiger charge is -2.08. The van der Waals surface area contributed by atoms with Crippen LogP contribution < -0.4 is 0 Å². The van der Waals surface area contributed by atoms with Crippen LogP contribution in [-0.4, -0.2) is 4.98 Å². The Morgan fingerprint density at radius 1 is 0.500 bits per heavy atom. The molecule has 0 aliphatic heterocycles. The fraction of sp³-hybridized carbons (Fsp3) is 0. The zero-order valence-electron chi connectivity index (χ0n) is 15.0. The van der Waals surface area contributed by atoms with Crippen molar-refractivity contribution >= 4 is 74.9 Å². The first-order valence-electron chi connectivity index (χ1n) is 9.55. The first-order valence-corrected chi connectivity index (χ1v) is 10.4. The van der Waals surface area contributed by atoms with Gasteiger partial charge in [0.2, 0.25) is 0 Å². The number of aromatic amines is 1. The minimum Gasteiger partial charge on any atom is -0.354 e. The van der Waals surface area contributed by atoms with Crippen molar-refractivity contribution < 1.29 is 0 Å². The van der Waals surface area contributed by atoms with Gasteiger partial charge >= 0.3 is 0 Å². The number of aromatic nitrogens is 1. The van der Waals surface area contributed by atoms with Crippen molar-refractivity contribution in [3.8, 4) is 0 Å². The zero-order chi connectivity index (χ0) is 18.2. The summed E-state index contributed by atoms with van der Waals surface area (Å²) < 4.78 is 2.75. The minimum absolute atomic E-state index is 1.20. The van der Waals surface area contributed by atoms with E-state index in [2.05, 4.69) is 89.9 Å². The molecule has 0 saturated carbocycles. The number of para-hydroxylation sites is 1. The Hall–Kier alpha value is -3.36. The van der Waals surface area contributed by atoms with E-state index in [1.807, 2.05) is 11.3 Å². The molecule has 2 heterocycles. The highest BCUT2D eigenvalue weighted by Crippen LogP contribution is 2.45. The lowest BCUT2D eigenvalue weighted by Crippen LogP contribution is -1.82. The van der Waals surface area contributed by atoms with Gasteiger partial charge in [-0.05, 0) is 22.9 Å². The molecule has 0 aliphatic rings. The van der Waals surface area contributed by atoms with Gasteiger partial charge in [-0.2, -0.15) is 0 Å². The van der Waals surface area contributed by atoms with E-state index in [1.165, 1.54) is 63.5 Å². The van der Waals surface area contributed by atoms with Gasteiger partial charge in [0.25, 0.3) is 0 Å². The van der Waals surface area contributed by atoms with Crippen LogP contribution in [0.3, 0.4) is 0 Å². The Balaban J connectivity index is 1.88. The van der Waals surface area contributed by atoms with E-state index < -0.39 is 0 Å². The quantitative estimate of drug-likeness (QED) is 0.259. The number of fused-ring (bicyclic) bond motifs is 12. The number of hydrogen-bond acceptors (Lipinski definition) is 1. The lowest BCUT2D eigenvalue weighted by atomic mass is 9.95. The largest absolute Gasteiger partial charge is 0.354 e. The van der Waals surface area contributed by atoms with Crippen LogP contribution in [0.25, 0.3) is 63.5 Å². The molecular weight excluding hydrogens is 358 g/mol. The van der Waals surface area contributed by atoms with Crippen molar-refractivity contribution in [2.24, 2.45) is 0 Å². The van der Waals surface area contributed by atoms with E-state index in [9.17, 15) is 0 Å². The van der Waals surface area contributed by atoms with Gasteiger partial charge in [0, 0.05) is 47.2 Å². The molecule has 2 heteroatoms. The van der Waals surface area contributed by atoms with Crippen molar-refractivity contribution in [1.29, 1.82) is 0 Å². The van der Waals surface area contributed by atoms with Crippen LogP contribution >= 0.6 is 11.3 Å². The van der Waals surface area contributed by atoms with E-state index in [0.29, 0.717) is 0 Å². The monoisotopic (exact) mass is 373 g/mol. The van der Waals surface area contributed by atoms with E-state index in [0.717, 1.165) is 0 Å². The minimum atomic E-state index is 1.20. The maximum Gasteiger partial charge on any atom is 0.0551 e. The smallest absolute Gasteiger partial charge is 0.0551 e. The number of H-pyrrole nitrogens is 1. The Morgan fingerprint density at radius 2 is 1.18 bits per heavy atom.